The molecule has 0 bridgehead atoms. The van der Waals surface area contributed by atoms with E-state index in [-0.39, 0.29) is 7.43 Å². The first-order chi connectivity index (χ1) is 2.73. The van der Waals surface area contributed by atoms with Crippen LogP contribution in [-0.4, -0.2) is 6.04 Å². The van der Waals surface area contributed by atoms with Gasteiger partial charge in [0, 0.05) is 0 Å². The van der Waals surface area contributed by atoms with Gasteiger partial charge in [0.15, 0.2) is 0 Å². The minimum Gasteiger partial charge on any atom is -0.328 e. The number of hydrogen-bond donors (Lipinski definition) is 1. The summed E-state index contributed by atoms with van der Waals surface area (Å²) >= 11 is 0. The Hall–Kier alpha value is -0.0400. The van der Waals surface area contributed by atoms with Gasteiger partial charge in [-0.1, -0.05) is 35.1 Å². The van der Waals surface area contributed by atoms with E-state index in [0.717, 1.165) is 0 Å². The van der Waals surface area contributed by atoms with Crippen molar-refractivity contribution >= 4 is 0 Å². The molecule has 0 fully saturated rings. The summed E-state index contributed by atoms with van der Waals surface area (Å²) in [5.41, 5.74) is 5.11. The highest BCUT2D eigenvalue weighted by atomic mass is 14.6. The molecule has 0 aromatic heterocycles. The summed E-state index contributed by atoms with van der Waals surface area (Å²) in [4.78, 5) is 0. The summed E-state index contributed by atoms with van der Waals surface area (Å²) in [6.07, 6.45) is 0. The van der Waals surface area contributed by atoms with Gasteiger partial charge in [0.25, 0.3) is 0 Å². The average Bonchev–Trinajstić information content (AvgIpc) is 1.41. The van der Waals surface area contributed by atoms with Crippen LogP contribution in [0.3, 0.4) is 0 Å². The molecule has 0 aromatic rings. The van der Waals surface area contributed by atoms with Gasteiger partial charge in [0.05, 0.1) is 0 Å². The second-order valence-electron chi connectivity index (χ2n) is 1.24. The van der Waals surface area contributed by atoms with Gasteiger partial charge in [-0.05, 0) is 6.04 Å². The molecular formula is C6H19N. The molecule has 2 N–H and O–H groups in total. The molecule has 0 aromatic carbocycles. The molecular weight excluding hydrogens is 86.1 g/mol. The predicted octanol–water partition coefficient (Wildman–Crippen LogP) is 2.02. The molecule has 0 aliphatic rings. The molecule has 1 heteroatoms. The first-order valence-corrected chi connectivity index (χ1v) is 2.49. The van der Waals surface area contributed by atoms with Crippen molar-refractivity contribution in [1.82, 2.24) is 0 Å². The van der Waals surface area contributed by atoms with Gasteiger partial charge < -0.3 is 5.73 Å². The maximum atomic E-state index is 5.11. The number of hydrogen-bond acceptors (Lipinski definition) is 1. The molecule has 0 spiro atoms. The monoisotopic (exact) mass is 105 g/mol. The molecule has 1 nitrogen and oxygen atoms in total. The molecule has 0 unspecified atom stereocenters. The topological polar surface area (TPSA) is 26.0 Å². The molecule has 7 heavy (non-hydrogen) atoms. The second-order valence-corrected chi connectivity index (χ2v) is 1.24. The second kappa shape index (κ2) is 16.7. The van der Waals surface area contributed by atoms with Crippen LogP contribution in [0.2, 0.25) is 0 Å². The Kier molecular flexibility index (Phi) is 37.7. The van der Waals surface area contributed by atoms with Crippen LogP contribution >= 0.6 is 0 Å². The zero-order chi connectivity index (χ0) is 5.58. The fourth-order valence-corrected chi connectivity index (χ4v) is 0. The molecule has 0 rings (SSSR count). The summed E-state index contributed by atoms with van der Waals surface area (Å²) in [6.45, 7) is 7.89. The highest BCUT2D eigenvalue weighted by Crippen LogP contribution is 1.58. The highest BCUT2D eigenvalue weighted by molar-refractivity contribution is 4.32. The van der Waals surface area contributed by atoms with Crippen LogP contribution in [0.1, 0.15) is 35.1 Å². The molecule has 0 aliphatic heterocycles. The predicted molar refractivity (Wildman–Crippen MR) is 37.4 cm³/mol. The SMILES string of the molecule is C.CC.CC(C)N. The van der Waals surface area contributed by atoms with Crippen molar-refractivity contribution in [2.45, 2.75) is 41.2 Å². The summed E-state index contributed by atoms with van der Waals surface area (Å²) in [7, 11) is 0. The van der Waals surface area contributed by atoms with E-state index in [1.165, 1.54) is 0 Å². The van der Waals surface area contributed by atoms with Crippen molar-refractivity contribution in [3.05, 3.63) is 0 Å². The van der Waals surface area contributed by atoms with E-state index in [1.54, 1.807) is 0 Å². The molecule has 0 saturated heterocycles. The minimum atomic E-state index is 0. The number of nitrogens with two attached hydrogens (primary N) is 1. The normalized spacial score (nSPS) is 6.00. The Morgan fingerprint density at radius 3 is 1.14 bits per heavy atom. The van der Waals surface area contributed by atoms with Gasteiger partial charge in [0.1, 0.15) is 0 Å². The van der Waals surface area contributed by atoms with E-state index in [4.69, 9.17) is 5.73 Å². The third-order valence-corrected chi connectivity index (χ3v) is 0. The molecule has 0 radical (unpaired) electrons. The Morgan fingerprint density at radius 1 is 1.14 bits per heavy atom. The Balaban J connectivity index is -0.0000000480. The maximum absolute atomic E-state index is 5.11. The fourth-order valence-electron chi connectivity index (χ4n) is 0. The van der Waals surface area contributed by atoms with E-state index < -0.39 is 0 Å². The summed E-state index contributed by atoms with van der Waals surface area (Å²) < 4.78 is 0. The standard InChI is InChI=1S/C3H9N.C2H6.CH4/c1-3(2)4;1-2;/h3H,4H2,1-2H3;1-2H3;1H4. The van der Waals surface area contributed by atoms with Gasteiger partial charge in [-0.3, -0.25) is 0 Å². The van der Waals surface area contributed by atoms with Crippen LogP contribution in [0, 0.1) is 0 Å². The van der Waals surface area contributed by atoms with Crippen molar-refractivity contribution in [3.8, 4) is 0 Å². The lowest BCUT2D eigenvalue weighted by Crippen LogP contribution is -2.06. The van der Waals surface area contributed by atoms with E-state index in [9.17, 15) is 0 Å². The van der Waals surface area contributed by atoms with Crippen molar-refractivity contribution in [2.75, 3.05) is 0 Å². The molecule has 0 aliphatic carbocycles. The fraction of sp³-hybridized carbons (Fsp3) is 1.00. The van der Waals surface area contributed by atoms with Crippen molar-refractivity contribution in [1.29, 1.82) is 0 Å². The lowest BCUT2D eigenvalue weighted by atomic mass is 10.5. The smallest absolute Gasteiger partial charge is 0.00179 e. The van der Waals surface area contributed by atoms with Crippen LogP contribution in [-0.2, 0) is 0 Å². The molecule has 0 atom stereocenters. The zero-order valence-corrected chi connectivity index (χ0v) is 5.15. The van der Waals surface area contributed by atoms with Gasteiger partial charge in [-0.2, -0.15) is 0 Å². The van der Waals surface area contributed by atoms with Gasteiger partial charge in [-0.25, -0.2) is 0 Å². The first kappa shape index (κ1) is 15.8. The first-order valence-electron chi connectivity index (χ1n) is 2.49. The van der Waals surface area contributed by atoms with Gasteiger partial charge in [0.2, 0.25) is 0 Å². The third-order valence-electron chi connectivity index (χ3n) is 0. The Morgan fingerprint density at radius 2 is 1.14 bits per heavy atom. The zero-order valence-electron chi connectivity index (χ0n) is 5.15. The van der Waals surface area contributed by atoms with Crippen molar-refractivity contribution in [3.63, 3.8) is 0 Å². The van der Waals surface area contributed by atoms with Crippen molar-refractivity contribution in [2.24, 2.45) is 5.73 Å². The van der Waals surface area contributed by atoms with Crippen LogP contribution in [0.25, 0.3) is 0 Å². The molecule has 0 saturated carbocycles. The average molecular weight is 105 g/mol. The quantitative estimate of drug-likeness (QED) is 0.501. The van der Waals surface area contributed by atoms with Crippen molar-refractivity contribution < 1.29 is 0 Å². The number of rotatable bonds is 0. The van der Waals surface area contributed by atoms with Crippen LogP contribution in [0.5, 0.6) is 0 Å². The van der Waals surface area contributed by atoms with E-state index in [2.05, 4.69) is 0 Å². The summed E-state index contributed by atoms with van der Waals surface area (Å²) in [5.74, 6) is 0. The minimum absolute atomic E-state index is 0. The van der Waals surface area contributed by atoms with Gasteiger partial charge in [-0.15, -0.1) is 0 Å². The van der Waals surface area contributed by atoms with Crippen LogP contribution in [0.4, 0.5) is 0 Å². The van der Waals surface area contributed by atoms with Gasteiger partial charge >= 0.3 is 0 Å². The summed E-state index contributed by atoms with van der Waals surface area (Å²) in [6, 6.07) is 0.333. The Labute approximate surface area is 47.9 Å². The largest absolute Gasteiger partial charge is 0.328 e. The molecule has 0 amide bonds. The summed E-state index contributed by atoms with van der Waals surface area (Å²) in [5, 5.41) is 0. The Bertz CT molecular complexity index is 8.90. The molecule has 48 valence electrons. The third kappa shape index (κ3) is 58400. The van der Waals surface area contributed by atoms with E-state index in [0.29, 0.717) is 6.04 Å². The maximum Gasteiger partial charge on any atom is -0.00179 e. The highest BCUT2D eigenvalue weighted by Gasteiger charge is 1.67. The van der Waals surface area contributed by atoms with Crippen LogP contribution in [0.15, 0.2) is 0 Å². The lowest BCUT2D eigenvalue weighted by molar-refractivity contribution is 0.834. The van der Waals surface area contributed by atoms with E-state index >= 15 is 0 Å². The lowest BCUT2D eigenvalue weighted by Gasteiger charge is -1.81. The molecule has 0 heterocycles. The van der Waals surface area contributed by atoms with E-state index in [1.807, 2.05) is 27.7 Å². The van der Waals surface area contributed by atoms with Crippen LogP contribution < -0.4 is 5.73 Å².